The molecule has 1 atom stereocenters. The second-order valence-electron chi connectivity index (χ2n) is 12.0. The van der Waals surface area contributed by atoms with Gasteiger partial charge in [-0.1, -0.05) is 18.8 Å². The molecule has 7 nitrogen and oxygen atoms in total. The molecule has 1 aliphatic rings. The van der Waals surface area contributed by atoms with Crippen molar-refractivity contribution in [2.75, 3.05) is 25.6 Å². The van der Waals surface area contributed by atoms with E-state index in [1.54, 1.807) is 17.2 Å². The lowest BCUT2D eigenvalue weighted by Crippen LogP contribution is -2.44. The van der Waals surface area contributed by atoms with Crippen LogP contribution in [0.4, 0.5) is 5.69 Å². The Hall–Kier alpha value is -2.89. The van der Waals surface area contributed by atoms with Gasteiger partial charge in [0.2, 0.25) is 11.8 Å². The number of anilines is 1. The van der Waals surface area contributed by atoms with Crippen LogP contribution in [0.15, 0.2) is 24.4 Å². The third kappa shape index (κ3) is 9.08. The third-order valence-electron chi connectivity index (χ3n) is 6.85. The molecule has 1 aliphatic carbocycles. The molecule has 1 N–H and O–H groups in total. The van der Waals surface area contributed by atoms with Gasteiger partial charge in [0.15, 0.2) is 0 Å². The Morgan fingerprint density at radius 2 is 1.90 bits per heavy atom. The first-order chi connectivity index (χ1) is 18.3. The van der Waals surface area contributed by atoms with Crippen molar-refractivity contribution >= 4 is 28.9 Å². The van der Waals surface area contributed by atoms with Crippen LogP contribution in [-0.4, -0.2) is 53.6 Å². The smallest absolute Gasteiger partial charge is 0.348 e. The van der Waals surface area contributed by atoms with E-state index in [1.165, 1.54) is 0 Å². The number of aromatic nitrogens is 1. The molecule has 0 radical (unpaired) electrons. The minimum absolute atomic E-state index is 0.00358. The summed E-state index contributed by atoms with van der Waals surface area (Å²) in [5.41, 5.74) is 1.33. The highest BCUT2D eigenvalue weighted by atomic mass is 32.1. The number of amides is 1. The van der Waals surface area contributed by atoms with Crippen molar-refractivity contribution in [3.05, 3.63) is 39.7 Å². The number of ether oxygens (including phenoxy) is 1. The fourth-order valence-electron chi connectivity index (χ4n) is 4.76. The molecule has 1 saturated carbocycles. The maximum Gasteiger partial charge on any atom is 0.348 e. The fourth-order valence-corrected chi connectivity index (χ4v) is 5.60. The molecule has 0 spiro atoms. The molecule has 8 heteroatoms. The van der Waals surface area contributed by atoms with Crippen molar-refractivity contribution in [2.45, 2.75) is 79.3 Å². The molecular weight excluding hydrogens is 510 g/mol. The Bertz CT molecular complexity index is 1200. The summed E-state index contributed by atoms with van der Waals surface area (Å²) in [4.78, 5) is 35.2. The van der Waals surface area contributed by atoms with Crippen LogP contribution in [0, 0.1) is 29.1 Å². The number of aromatic carboxylic acids is 1. The van der Waals surface area contributed by atoms with Gasteiger partial charge in [0.25, 0.3) is 0 Å². The van der Waals surface area contributed by atoms with Gasteiger partial charge in [0, 0.05) is 42.6 Å². The Morgan fingerprint density at radius 1 is 1.21 bits per heavy atom. The number of hydrogen-bond donors (Lipinski definition) is 1. The zero-order valence-electron chi connectivity index (χ0n) is 24.4. The predicted octanol–water partition coefficient (Wildman–Crippen LogP) is 6.32. The van der Waals surface area contributed by atoms with Crippen LogP contribution in [0.1, 0.15) is 86.8 Å². The number of carbonyl (C=O) groups excluding carboxylic acids is 1. The molecular formula is C31H43N3O4S. The minimum atomic E-state index is -1.04. The average molecular weight is 554 g/mol. The van der Waals surface area contributed by atoms with Crippen molar-refractivity contribution in [1.82, 2.24) is 9.88 Å². The number of carboxylic acids is 1. The lowest BCUT2D eigenvalue weighted by atomic mass is 9.82. The first-order valence-corrected chi connectivity index (χ1v) is 14.6. The van der Waals surface area contributed by atoms with Gasteiger partial charge < -0.3 is 19.6 Å². The SMILES string of the molecule is C[C@@H](CCOc1cc(CN(C)C)ccn1)N(c1cc(C#CC(C)(C)C)sc1C(=O)O)C(=O)[C@H]1CC[C@H](C)CC1. The lowest BCUT2D eigenvalue weighted by Gasteiger charge is -2.34. The average Bonchev–Trinajstić information content (AvgIpc) is 3.27. The summed E-state index contributed by atoms with van der Waals surface area (Å²) in [5, 5.41) is 10.1. The van der Waals surface area contributed by atoms with Crippen molar-refractivity contribution in [3.63, 3.8) is 0 Å². The lowest BCUT2D eigenvalue weighted by molar-refractivity contribution is -0.124. The molecule has 212 valence electrons. The van der Waals surface area contributed by atoms with E-state index in [0.29, 0.717) is 35.4 Å². The van der Waals surface area contributed by atoms with E-state index >= 15 is 0 Å². The highest BCUT2D eigenvalue weighted by Gasteiger charge is 2.34. The summed E-state index contributed by atoms with van der Waals surface area (Å²) >= 11 is 1.13. The van der Waals surface area contributed by atoms with Crippen LogP contribution >= 0.6 is 11.3 Å². The quantitative estimate of drug-likeness (QED) is 0.347. The second kappa shape index (κ2) is 13.5. The largest absolute Gasteiger partial charge is 0.478 e. The summed E-state index contributed by atoms with van der Waals surface area (Å²) < 4.78 is 5.98. The monoisotopic (exact) mass is 553 g/mol. The first kappa shape index (κ1) is 30.6. The van der Waals surface area contributed by atoms with Gasteiger partial charge in [-0.2, -0.15) is 0 Å². The zero-order valence-corrected chi connectivity index (χ0v) is 25.2. The molecule has 1 fully saturated rings. The van der Waals surface area contributed by atoms with E-state index < -0.39 is 5.97 Å². The summed E-state index contributed by atoms with van der Waals surface area (Å²) in [7, 11) is 4.02. The van der Waals surface area contributed by atoms with Crippen LogP contribution in [0.5, 0.6) is 5.88 Å². The molecule has 2 heterocycles. The third-order valence-corrected chi connectivity index (χ3v) is 7.88. The van der Waals surface area contributed by atoms with E-state index in [-0.39, 0.29) is 28.2 Å². The van der Waals surface area contributed by atoms with Crippen LogP contribution in [0.25, 0.3) is 0 Å². The maximum absolute atomic E-state index is 14.0. The molecule has 0 unspecified atom stereocenters. The summed E-state index contributed by atoms with van der Waals surface area (Å²) in [5.74, 6) is 6.32. The van der Waals surface area contributed by atoms with Gasteiger partial charge in [-0.3, -0.25) is 4.79 Å². The van der Waals surface area contributed by atoms with E-state index in [4.69, 9.17) is 4.74 Å². The van der Waals surface area contributed by atoms with Gasteiger partial charge in [0.1, 0.15) is 4.88 Å². The Morgan fingerprint density at radius 3 is 2.51 bits per heavy atom. The number of carboxylic acid groups (broad SMARTS) is 1. The topological polar surface area (TPSA) is 83.0 Å². The molecule has 0 aliphatic heterocycles. The molecule has 2 aromatic heterocycles. The van der Waals surface area contributed by atoms with Crippen molar-refractivity contribution < 1.29 is 19.4 Å². The fraction of sp³-hybridized carbons (Fsp3) is 0.581. The van der Waals surface area contributed by atoms with Crippen LogP contribution in [0.2, 0.25) is 0 Å². The maximum atomic E-state index is 14.0. The molecule has 2 aromatic rings. The zero-order chi connectivity index (χ0) is 28.7. The van der Waals surface area contributed by atoms with E-state index in [2.05, 4.69) is 28.6 Å². The summed E-state index contributed by atoms with van der Waals surface area (Å²) in [6, 6.07) is 5.40. The Balaban J connectivity index is 1.86. The molecule has 0 aromatic carbocycles. The highest BCUT2D eigenvalue weighted by molar-refractivity contribution is 7.15. The molecule has 3 rings (SSSR count). The number of thiophene rings is 1. The highest BCUT2D eigenvalue weighted by Crippen LogP contribution is 2.36. The molecule has 0 bridgehead atoms. The Labute approximate surface area is 237 Å². The van der Waals surface area contributed by atoms with Crippen LogP contribution < -0.4 is 9.64 Å². The summed E-state index contributed by atoms with van der Waals surface area (Å²) in [6.07, 6.45) is 5.94. The summed E-state index contributed by atoms with van der Waals surface area (Å²) in [6.45, 7) is 11.4. The molecule has 39 heavy (non-hydrogen) atoms. The second-order valence-corrected chi connectivity index (χ2v) is 13.1. The van der Waals surface area contributed by atoms with E-state index in [0.717, 1.165) is 49.1 Å². The Kier molecular flexibility index (Phi) is 10.6. The standard InChI is InChI=1S/C31H43N3O4S/c1-21-8-10-24(11-9-21)29(35)34(26-19-25(12-15-31(3,4)5)39-28(26)30(36)37)22(2)14-17-38-27-18-23(13-16-32-27)20-33(6)7/h13,16,18-19,21-22,24H,8-11,14,17,20H2,1-7H3,(H,36,37)/t21-,22-,24-/m0/s1. The first-order valence-electron chi connectivity index (χ1n) is 13.8. The van der Waals surface area contributed by atoms with Crippen LogP contribution in [0.3, 0.4) is 0 Å². The van der Waals surface area contributed by atoms with Gasteiger partial charge >= 0.3 is 5.97 Å². The van der Waals surface area contributed by atoms with Gasteiger partial charge in [-0.05, 0) is 91.1 Å². The number of rotatable bonds is 10. The number of hydrogen-bond acceptors (Lipinski definition) is 6. The molecule has 0 saturated heterocycles. The number of pyridine rings is 1. The predicted molar refractivity (Wildman–Crippen MR) is 157 cm³/mol. The van der Waals surface area contributed by atoms with Crippen molar-refractivity contribution in [1.29, 1.82) is 0 Å². The van der Waals surface area contributed by atoms with Gasteiger partial charge in [-0.15, -0.1) is 11.3 Å². The number of nitrogens with zero attached hydrogens (tertiary/aromatic N) is 3. The molecule has 1 amide bonds. The normalized spacial score (nSPS) is 18.3. The van der Waals surface area contributed by atoms with Crippen molar-refractivity contribution in [2.24, 2.45) is 17.3 Å². The van der Waals surface area contributed by atoms with E-state index in [9.17, 15) is 14.7 Å². The van der Waals surface area contributed by atoms with Crippen molar-refractivity contribution in [3.8, 4) is 17.7 Å². The number of carbonyl (C=O) groups is 2. The van der Waals surface area contributed by atoms with Gasteiger partial charge in [-0.25, -0.2) is 9.78 Å². The van der Waals surface area contributed by atoms with E-state index in [1.807, 2.05) is 53.9 Å². The minimum Gasteiger partial charge on any atom is -0.478 e. The van der Waals surface area contributed by atoms with Gasteiger partial charge in [0.05, 0.1) is 17.2 Å². The van der Waals surface area contributed by atoms with Crippen LogP contribution in [-0.2, 0) is 11.3 Å².